The van der Waals surface area contributed by atoms with Gasteiger partial charge in [-0.2, -0.15) is 18.8 Å². The van der Waals surface area contributed by atoms with E-state index in [-0.39, 0.29) is 12.6 Å². The first kappa shape index (κ1) is 14.0. The Hall–Kier alpha value is -1.43. The van der Waals surface area contributed by atoms with Gasteiger partial charge in [0.15, 0.2) is 0 Å². The Morgan fingerprint density at radius 1 is 1.58 bits per heavy atom. The molecule has 0 saturated carbocycles. The third-order valence-corrected chi connectivity index (χ3v) is 3.61. The SMILES string of the molecule is CS(=O)(=O)OCc1cnn(C2CCNCC2)c1C#N. The number of rotatable bonds is 4. The van der Waals surface area contributed by atoms with E-state index in [0.29, 0.717) is 11.3 Å². The van der Waals surface area contributed by atoms with E-state index in [0.717, 1.165) is 32.2 Å². The normalized spacial score (nSPS) is 17.3. The average molecular weight is 284 g/mol. The van der Waals surface area contributed by atoms with E-state index in [2.05, 4.69) is 16.5 Å². The molecule has 7 nitrogen and oxygen atoms in total. The van der Waals surface area contributed by atoms with Crippen LogP contribution in [0.5, 0.6) is 0 Å². The minimum absolute atomic E-state index is 0.146. The molecule has 8 heteroatoms. The molecule has 0 amide bonds. The fourth-order valence-electron chi connectivity index (χ4n) is 2.13. The summed E-state index contributed by atoms with van der Waals surface area (Å²) in [6, 6.07) is 2.27. The van der Waals surface area contributed by atoms with Gasteiger partial charge in [-0.15, -0.1) is 0 Å². The first-order valence-corrected chi connectivity index (χ1v) is 7.84. The highest BCUT2D eigenvalue weighted by Gasteiger charge is 2.21. The third-order valence-electron chi connectivity index (χ3n) is 3.06. The van der Waals surface area contributed by atoms with E-state index in [1.165, 1.54) is 6.20 Å². The maximum absolute atomic E-state index is 11.0. The summed E-state index contributed by atoms with van der Waals surface area (Å²) >= 11 is 0. The third kappa shape index (κ3) is 3.53. The van der Waals surface area contributed by atoms with E-state index in [1.54, 1.807) is 4.68 Å². The summed E-state index contributed by atoms with van der Waals surface area (Å²) in [6.07, 6.45) is 4.30. The number of nitriles is 1. The summed E-state index contributed by atoms with van der Waals surface area (Å²) in [7, 11) is -3.52. The van der Waals surface area contributed by atoms with E-state index in [9.17, 15) is 13.7 Å². The number of hydrogen-bond acceptors (Lipinski definition) is 6. The fraction of sp³-hybridized carbons (Fsp3) is 0.636. The predicted octanol–water partition coefficient (Wildman–Crippen LogP) is 0.155. The minimum Gasteiger partial charge on any atom is -0.317 e. The van der Waals surface area contributed by atoms with Gasteiger partial charge in [-0.25, -0.2) is 0 Å². The van der Waals surface area contributed by atoms with Gasteiger partial charge in [-0.1, -0.05) is 0 Å². The van der Waals surface area contributed by atoms with Crippen LogP contribution >= 0.6 is 0 Å². The van der Waals surface area contributed by atoms with Crippen molar-refractivity contribution in [3.05, 3.63) is 17.5 Å². The number of hydrogen-bond donors (Lipinski definition) is 1. The fourth-order valence-corrected chi connectivity index (χ4v) is 2.47. The Morgan fingerprint density at radius 2 is 2.26 bits per heavy atom. The molecule has 0 radical (unpaired) electrons. The van der Waals surface area contributed by atoms with Gasteiger partial charge in [0.2, 0.25) is 0 Å². The quantitative estimate of drug-likeness (QED) is 0.791. The monoisotopic (exact) mass is 284 g/mol. The minimum atomic E-state index is -3.52. The molecule has 104 valence electrons. The Labute approximate surface area is 112 Å². The van der Waals surface area contributed by atoms with E-state index in [4.69, 9.17) is 4.18 Å². The van der Waals surface area contributed by atoms with Gasteiger partial charge < -0.3 is 5.32 Å². The highest BCUT2D eigenvalue weighted by molar-refractivity contribution is 7.85. The highest BCUT2D eigenvalue weighted by atomic mass is 32.2. The lowest BCUT2D eigenvalue weighted by Crippen LogP contribution is -2.30. The van der Waals surface area contributed by atoms with Crippen molar-refractivity contribution in [1.82, 2.24) is 15.1 Å². The Kier molecular flexibility index (Phi) is 4.19. The molecule has 1 aliphatic rings. The van der Waals surface area contributed by atoms with Crippen LogP contribution in [0.1, 0.15) is 30.1 Å². The lowest BCUT2D eigenvalue weighted by molar-refractivity contribution is 0.309. The smallest absolute Gasteiger partial charge is 0.264 e. The molecule has 0 aliphatic carbocycles. The van der Waals surface area contributed by atoms with Crippen LogP contribution < -0.4 is 5.32 Å². The van der Waals surface area contributed by atoms with Crippen LogP contribution in [0.3, 0.4) is 0 Å². The average Bonchev–Trinajstić information content (AvgIpc) is 2.79. The Bertz CT molecular complexity index is 582. The molecule has 1 fully saturated rings. The maximum Gasteiger partial charge on any atom is 0.264 e. The lowest BCUT2D eigenvalue weighted by atomic mass is 10.1. The second kappa shape index (κ2) is 5.69. The molecule has 2 rings (SSSR count). The first-order chi connectivity index (χ1) is 9.01. The van der Waals surface area contributed by atoms with Gasteiger partial charge in [-0.3, -0.25) is 8.86 Å². The van der Waals surface area contributed by atoms with Crippen molar-refractivity contribution in [3.63, 3.8) is 0 Å². The summed E-state index contributed by atoms with van der Waals surface area (Å²) in [4.78, 5) is 0. The van der Waals surface area contributed by atoms with Crippen LogP contribution in [0.4, 0.5) is 0 Å². The zero-order chi connectivity index (χ0) is 13.9. The molecule has 0 bridgehead atoms. The lowest BCUT2D eigenvalue weighted by Gasteiger charge is -2.23. The zero-order valence-corrected chi connectivity index (χ0v) is 11.5. The van der Waals surface area contributed by atoms with Crippen LogP contribution in [-0.4, -0.2) is 37.5 Å². The Balaban J connectivity index is 2.18. The second-order valence-electron chi connectivity index (χ2n) is 4.52. The van der Waals surface area contributed by atoms with Gasteiger partial charge in [0.1, 0.15) is 11.8 Å². The van der Waals surface area contributed by atoms with Crippen molar-refractivity contribution < 1.29 is 12.6 Å². The number of aromatic nitrogens is 2. The van der Waals surface area contributed by atoms with Gasteiger partial charge in [-0.05, 0) is 25.9 Å². The topological polar surface area (TPSA) is 97.0 Å². The molecular formula is C11H16N4O3S. The molecule has 0 aromatic carbocycles. The van der Waals surface area contributed by atoms with E-state index < -0.39 is 10.1 Å². The molecule has 1 aliphatic heterocycles. The molecule has 19 heavy (non-hydrogen) atoms. The maximum atomic E-state index is 11.0. The van der Waals surface area contributed by atoms with Crippen molar-refractivity contribution in [1.29, 1.82) is 5.26 Å². The number of nitrogens with zero attached hydrogens (tertiary/aromatic N) is 3. The van der Waals surface area contributed by atoms with Crippen LogP contribution in [0.2, 0.25) is 0 Å². The summed E-state index contributed by atoms with van der Waals surface area (Å²) in [5.41, 5.74) is 0.891. The van der Waals surface area contributed by atoms with Gasteiger partial charge in [0, 0.05) is 5.56 Å². The van der Waals surface area contributed by atoms with Crippen molar-refractivity contribution in [3.8, 4) is 6.07 Å². The number of nitrogens with one attached hydrogen (secondary N) is 1. The van der Waals surface area contributed by atoms with Gasteiger partial charge >= 0.3 is 0 Å². The first-order valence-electron chi connectivity index (χ1n) is 6.03. The zero-order valence-electron chi connectivity index (χ0n) is 10.7. The van der Waals surface area contributed by atoms with Crippen LogP contribution in [0.15, 0.2) is 6.20 Å². The molecule has 2 heterocycles. The molecule has 1 aromatic rings. The molecule has 1 N–H and O–H groups in total. The molecule has 1 aromatic heterocycles. The van der Waals surface area contributed by atoms with Crippen molar-refractivity contribution in [2.75, 3.05) is 19.3 Å². The van der Waals surface area contributed by atoms with Crippen LogP contribution in [0.25, 0.3) is 0 Å². The summed E-state index contributed by atoms with van der Waals surface area (Å²) in [5, 5.41) is 16.7. The van der Waals surface area contributed by atoms with Gasteiger partial charge in [0.05, 0.1) is 25.1 Å². The molecule has 0 unspecified atom stereocenters. The van der Waals surface area contributed by atoms with Crippen molar-refractivity contribution in [2.45, 2.75) is 25.5 Å². The second-order valence-corrected chi connectivity index (χ2v) is 6.17. The summed E-state index contributed by atoms with van der Waals surface area (Å²) < 4.78 is 28.3. The largest absolute Gasteiger partial charge is 0.317 e. The van der Waals surface area contributed by atoms with Crippen molar-refractivity contribution >= 4 is 10.1 Å². The molecule has 0 atom stereocenters. The van der Waals surface area contributed by atoms with Crippen LogP contribution in [0, 0.1) is 11.3 Å². The summed E-state index contributed by atoms with van der Waals surface area (Å²) in [5.74, 6) is 0. The van der Waals surface area contributed by atoms with Gasteiger partial charge in [0.25, 0.3) is 10.1 Å². The van der Waals surface area contributed by atoms with Crippen molar-refractivity contribution in [2.24, 2.45) is 0 Å². The highest BCUT2D eigenvalue weighted by Crippen LogP contribution is 2.22. The van der Waals surface area contributed by atoms with Crippen LogP contribution in [-0.2, 0) is 20.9 Å². The molecular weight excluding hydrogens is 268 g/mol. The standard InChI is InChI=1S/C11H16N4O3S/c1-19(16,17)18-8-9-7-14-15(11(9)6-12)10-2-4-13-5-3-10/h7,10,13H,2-5,8H2,1H3. The summed E-state index contributed by atoms with van der Waals surface area (Å²) in [6.45, 7) is 1.64. The van der Waals surface area contributed by atoms with E-state index >= 15 is 0 Å². The van der Waals surface area contributed by atoms with E-state index in [1.807, 2.05) is 0 Å². The molecule has 0 spiro atoms. The molecule has 1 saturated heterocycles. The number of piperidine rings is 1. The Morgan fingerprint density at radius 3 is 2.84 bits per heavy atom. The predicted molar refractivity (Wildman–Crippen MR) is 67.7 cm³/mol.